The third-order valence-electron chi connectivity index (χ3n) is 3.18. The topological polar surface area (TPSA) is 56.0 Å². The molecule has 0 aliphatic heterocycles. The molecular weight excluding hydrogens is 307 g/mol. The van der Waals surface area contributed by atoms with Crippen molar-refractivity contribution < 1.29 is 4.79 Å². The van der Waals surface area contributed by atoms with Gasteiger partial charge in [-0.05, 0) is 41.3 Å². The van der Waals surface area contributed by atoms with Crippen molar-refractivity contribution in [3.63, 3.8) is 0 Å². The lowest BCUT2D eigenvalue weighted by Crippen LogP contribution is -2.13. The van der Waals surface area contributed by atoms with E-state index < -0.39 is 5.91 Å². The Labute approximate surface area is 131 Å². The van der Waals surface area contributed by atoms with Crippen LogP contribution in [0.5, 0.6) is 0 Å². The lowest BCUT2D eigenvalue weighted by molar-refractivity contribution is 0.0997. The fraction of sp³-hybridized carbons (Fsp3) is 0. The Hall–Kier alpha value is -2.10. The van der Waals surface area contributed by atoms with Crippen LogP contribution in [0.1, 0.15) is 10.5 Å². The number of amides is 1. The predicted octanol–water partition coefficient (Wildman–Crippen LogP) is 4.11. The molecule has 1 aromatic heterocycles. The molecule has 21 heavy (non-hydrogen) atoms. The molecule has 0 saturated carbocycles. The van der Waals surface area contributed by atoms with Gasteiger partial charge in [0.15, 0.2) is 0 Å². The van der Waals surface area contributed by atoms with Crippen LogP contribution < -0.4 is 5.73 Å². The van der Waals surface area contributed by atoms with E-state index in [2.05, 4.69) is 11.2 Å². The summed E-state index contributed by atoms with van der Waals surface area (Å²) in [5.74, 6) is -0.591. The Balaban J connectivity index is 2.28. The zero-order valence-corrected chi connectivity index (χ0v) is 12.2. The van der Waals surface area contributed by atoms with E-state index in [0.717, 1.165) is 16.5 Å². The maximum atomic E-state index is 11.5. The van der Waals surface area contributed by atoms with Gasteiger partial charge in [-0.1, -0.05) is 35.3 Å². The van der Waals surface area contributed by atoms with Gasteiger partial charge in [-0.2, -0.15) is 0 Å². The molecule has 0 aliphatic carbocycles. The molecule has 0 atom stereocenters. The average molecular weight is 316 g/mol. The standard InChI is InChI=1S/C16H9Cl2N2O/c17-11-3-4-14(18)12(8-11)10-2-1-9-5-6-20-15(16(19)21)13(9)7-10/h1-5,7-8H,(H2,19,21). The van der Waals surface area contributed by atoms with E-state index in [1.807, 2.05) is 18.2 Å². The van der Waals surface area contributed by atoms with Crippen LogP contribution in [0.3, 0.4) is 0 Å². The normalized spacial score (nSPS) is 10.8. The molecule has 2 aromatic carbocycles. The van der Waals surface area contributed by atoms with Crippen LogP contribution in [0.15, 0.2) is 42.5 Å². The smallest absolute Gasteiger partial charge is 0.267 e. The van der Waals surface area contributed by atoms with E-state index in [0.29, 0.717) is 15.4 Å². The number of hydrogen-bond donors (Lipinski definition) is 1. The second-order valence-electron chi connectivity index (χ2n) is 4.52. The summed E-state index contributed by atoms with van der Waals surface area (Å²) in [7, 11) is 0. The van der Waals surface area contributed by atoms with Crippen LogP contribution >= 0.6 is 23.2 Å². The van der Waals surface area contributed by atoms with Crippen molar-refractivity contribution in [2.75, 3.05) is 0 Å². The highest BCUT2D eigenvalue weighted by Crippen LogP contribution is 2.32. The van der Waals surface area contributed by atoms with Crippen LogP contribution in [-0.4, -0.2) is 10.9 Å². The largest absolute Gasteiger partial charge is 0.364 e. The lowest BCUT2D eigenvalue weighted by Gasteiger charge is -2.08. The predicted molar refractivity (Wildman–Crippen MR) is 84.6 cm³/mol. The van der Waals surface area contributed by atoms with Crippen LogP contribution in [-0.2, 0) is 0 Å². The molecule has 0 spiro atoms. The van der Waals surface area contributed by atoms with Crippen molar-refractivity contribution >= 4 is 39.9 Å². The summed E-state index contributed by atoms with van der Waals surface area (Å²) in [6, 6.07) is 12.5. The molecule has 5 heteroatoms. The number of pyridine rings is 1. The molecule has 1 radical (unpaired) electrons. The maximum Gasteiger partial charge on any atom is 0.267 e. The molecule has 0 fully saturated rings. The number of nitrogens with zero attached hydrogens (tertiary/aromatic N) is 1. The molecular formula is C16H9Cl2N2O. The fourth-order valence-corrected chi connectivity index (χ4v) is 2.59. The molecule has 0 aliphatic rings. The minimum atomic E-state index is -0.591. The van der Waals surface area contributed by atoms with Gasteiger partial charge in [-0.25, -0.2) is 4.98 Å². The number of halogens is 2. The molecule has 3 nitrogen and oxygen atoms in total. The van der Waals surface area contributed by atoms with Crippen molar-refractivity contribution in [2.24, 2.45) is 5.73 Å². The van der Waals surface area contributed by atoms with E-state index in [1.54, 1.807) is 24.3 Å². The van der Waals surface area contributed by atoms with Gasteiger partial charge in [0.25, 0.3) is 5.91 Å². The van der Waals surface area contributed by atoms with Crippen molar-refractivity contribution in [1.29, 1.82) is 0 Å². The molecule has 1 heterocycles. The second-order valence-corrected chi connectivity index (χ2v) is 5.37. The van der Waals surface area contributed by atoms with Gasteiger partial charge in [-0.3, -0.25) is 4.79 Å². The SMILES string of the molecule is NC(=O)c1n[c]cc2ccc(-c3cc(Cl)ccc3Cl)cc12. The van der Waals surface area contributed by atoms with Gasteiger partial charge >= 0.3 is 0 Å². The zero-order valence-electron chi connectivity index (χ0n) is 10.7. The summed E-state index contributed by atoms with van der Waals surface area (Å²) in [6.45, 7) is 0. The van der Waals surface area contributed by atoms with Gasteiger partial charge < -0.3 is 5.73 Å². The van der Waals surface area contributed by atoms with E-state index >= 15 is 0 Å². The number of carbonyl (C=O) groups is 1. The van der Waals surface area contributed by atoms with Crippen LogP contribution in [0.2, 0.25) is 10.0 Å². The number of aromatic nitrogens is 1. The minimum Gasteiger partial charge on any atom is -0.364 e. The maximum absolute atomic E-state index is 11.5. The third-order valence-corrected chi connectivity index (χ3v) is 3.74. The molecule has 0 bridgehead atoms. The first-order valence-electron chi connectivity index (χ1n) is 6.12. The van der Waals surface area contributed by atoms with Crippen LogP contribution in [0.4, 0.5) is 0 Å². The molecule has 0 unspecified atom stereocenters. The van der Waals surface area contributed by atoms with Crippen LogP contribution in [0.25, 0.3) is 21.9 Å². The summed E-state index contributed by atoms with van der Waals surface area (Å²) >= 11 is 12.2. The summed E-state index contributed by atoms with van der Waals surface area (Å²) in [4.78, 5) is 15.4. The monoisotopic (exact) mass is 315 g/mol. The number of primary amides is 1. The first kappa shape index (κ1) is 13.9. The number of carbonyl (C=O) groups excluding carboxylic acids is 1. The molecule has 103 valence electrons. The highest BCUT2D eigenvalue weighted by atomic mass is 35.5. The summed E-state index contributed by atoms with van der Waals surface area (Å²) in [5.41, 5.74) is 7.17. The van der Waals surface area contributed by atoms with Crippen molar-refractivity contribution in [2.45, 2.75) is 0 Å². The molecule has 0 saturated heterocycles. The van der Waals surface area contributed by atoms with Crippen molar-refractivity contribution in [1.82, 2.24) is 4.98 Å². The minimum absolute atomic E-state index is 0.188. The highest BCUT2D eigenvalue weighted by molar-refractivity contribution is 6.35. The van der Waals surface area contributed by atoms with Gasteiger partial charge in [0.05, 0.1) is 6.20 Å². The van der Waals surface area contributed by atoms with E-state index in [-0.39, 0.29) is 5.69 Å². The summed E-state index contributed by atoms with van der Waals surface area (Å²) < 4.78 is 0. The van der Waals surface area contributed by atoms with Crippen molar-refractivity contribution in [3.8, 4) is 11.1 Å². The van der Waals surface area contributed by atoms with Gasteiger partial charge in [0.2, 0.25) is 0 Å². The van der Waals surface area contributed by atoms with Crippen LogP contribution in [0, 0.1) is 6.20 Å². The number of rotatable bonds is 2. The summed E-state index contributed by atoms with van der Waals surface area (Å²) in [5, 5.41) is 2.66. The van der Waals surface area contributed by atoms with E-state index in [4.69, 9.17) is 28.9 Å². The fourth-order valence-electron chi connectivity index (χ4n) is 2.19. The lowest BCUT2D eigenvalue weighted by atomic mass is 10.0. The number of nitrogens with two attached hydrogens (primary N) is 1. The average Bonchev–Trinajstić information content (AvgIpc) is 2.48. The van der Waals surface area contributed by atoms with E-state index in [9.17, 15) is 4.79 Å². The Morgan fingerprint density at radius 2 is 1.95 bits per heavy atom. The summed E-state index contributed by atoms with van der Waals surface area (Å²) in [6.07, 6.45) is 2.67. The first-order valence-corrected chi connectivity index (χ1v) is 6.88. The first-order chi connectivity index (χ1) is 10.1. The zero-order chi connectivity index (χ0) is 15.0. The van der Waals surface area contributed by atoms with Crippen molar-refractivity contribution in [3.05, 3.63) is 64.4 Å². The Morgan fingerprint density at radius 3 is 2.71 bits per heavy atom. The number of fused-ring (bicyclic) bond motifs is 1. The van der Waals surface area contributed by atoms with E-state index in [1.165, 1.54) is 0 Å². The quantitative estimate of drug-likeness (QED) is 0.773. The molecule has 3 aromatic rings. The molecule has 1 amide bonds. The second kappa shape index (κ2) is 5.35. The molecule has 2 N–H and O–H groups in total. The van der Waals surface area contributed by atoms with Gasteiger partial charge in [0.1, 0.15) is 5.69 Å². The number of benzene rings is 2. The number of hydrogen-bond acceptors (Lipinski definition) is 2. The Morgan fingerprint density at radius 1 is 1.14 bits per heavy atom. The molecule has 3 rings (SSSR count). The third kappa shape index (κ3) is 2.58. The highest BCUT2D eigenvalue weighted by Gasteiger charge is 2.11. The Kier molecular flexibility index (Phi) is 3.53. The Bertz CT molecular complexity index is 862. The van der Waals surface area contributed by atoms with Gasteiger partial charge in [0, 0.05) is 21.0 Å². The van der Waals surface area contributed by atoms with Gasteiger partial charge in [-0.15, -0.1) is 0 Å².